The lowest BCUT2D eigenvalue weighted by atomic mass is 9.96. The Morgan fingerprint density at radius 2 is 1.94 bits per heavy atom. The molecule has 0 bridgehead atoms. The molecule has 0 saturated carbocycles. The maximum Gasteiger partial charge on any atom is 0.228 e. The highest BCUT2D eigenvalue weighted by Crippen LogP contribution is 2.27. The molecule has 1 saturated heterocycles. The quantitative estimate of drug-likeness (QED) is 0.557. The summed E-state index contributed by atoms with van der Waals surface area (Å²) in [6.07, 6.45) is 3.46. The van der Waals surface area contributed by atoms with Crippen molar-refractivity contribution in [1.29, 1.82) is 0 Å². The van der Waals surface area contributed by atoms with E-state index in [9.17, 15) is 4.79 Å². The molecule has 1 aliphatic rings. The minimum absolute atomic E-state index is 0.0454. The van der Waals surface area contributed by atoms with Crippen LogP contribution in [0.25, 0.3) is 10.6 Å². The van der Waals surface area contributed by atoms with E-state index in [-0.39, 0.29) is 11.8 Å². The number of carbonyl (C=O) groups is 1. The molecule has 0 spiro atoms. The maximum atomic E-state index is 12.6. The first kappa shape index (κ1) is 21.7. The van der Waals surface area contributed by atoms with Crippen LogP contribution in [0.3, 0.4) is 0 Å². The summed E-state index contributed by atoms with van der Waals surface area (Å²) in [6.45, 7) is 9.09. The molecule has 2 aromatic heterocycles. The monoisotopic (exact) mass is 434 g/mol. The molecule has 0 aliphatic carbocycles. The van der Waals surface area contributed by atoms with Crippen molar-refractivity contribution >= 4 is 23.1 Å². The third kappa shape index (κ3) is 5.57. The van der Waals surface area contributed by atoms with Gasteiger partial charge in [0.1, 0.15) is 10.8 Å². The van der Waals surface area contributed by atoms with E-state index in [0.717, 1.165) is 48.7 Å². The van der Waals surface area contributed by atoms with Gasteiger partial charge in [0.2, 0.25) is 5.91 Å². The smallest absolute Gasteiger partial charge is 0.228 e. The molecule has 0 atom stereocenters. The molecule has 3 aromatic rings. The van der Waals surface area contributed by atoms with Gasteiger partial charge in [0.05, 0.1) is 5.69 Å². The van der Waals surface area contributed by atoms with Gasteiger partial charge >= 0.3 is 0 Å². The largest absolute Gasteiger partial charge is 0.310 e. The molecule has 5 nitrogen and oxygen atoms in total. The molecule has 6 heteroatoms. The molecule has 0 unspecified atom stereocenters. The molecule has 1 fully saturated rings. The fourth-order valence-corrected chi connectivity index (χ4v) is 4.75. The van der Waals surface area contributed by atoms with Crippen LogP contribution in [-0.2, 0) is 11.3 Å². The van der Waals surface area contributed by atoms with E-state index >= 15 is 0 Å². The Balaban J connectivity index is 1.28. The normalized spacial score (nSPS) is 15.4. The average Bonchev–Trinajstić information content (AvgIpc) is 3.23. The number of piperidine rings is 1. The van der Waals surface area contributed by atoms with Gasteiger partial charge in [-0.3, -0.25) is 9.69 Å². The number of nitrogens with zero attached hydrogens (tertiary/aromatic N) is 3. The van der Waals surface area contributed by atoms with Crippen molar-refractivity contribution in [2.24, 2.45) is 5.92 Å². The van der Waals surface area contributed by atoms with E-state index in [2.05, 4.69) is 58.7 Å². The molecule has 0 radical (unpaired) electrons. The van der Waals surface area contributed by atoms with Crippen molar-refractivity contribution in [1.82, 2.24) is 14.9 Å². The minimum Gasteiger partial charge on any atom is -0.310 e. The number of likely N-dealkylation sites (tertiary alicyclic amines) is 1. The fourth-order valence-electron chi connectivity index (χ4n) is 3.94. The summed E-state index contributed by atoms with van der Waals surface area (Å²) in [6, 6.07) is 12.6. The third-order valence-electron chi connectivity index (χ3n) is 5.89. The second-order valence-corrected chi connectivity index (χ2v) is 9.54. The first-order valence-corrected chi connectivity index (χ1v) is 11.9. The highest BCUT2D eigenvalue weighted by molar-refractivity contribution is 7.13. The van der Waals surface area contributed by atoms with Gasteiger partial charge in [0.25, 0.3) is 0 Å². The second kappa shape index (κ2) is 9.71. The van der Waals surface area contributed by atoms with Crippen LogP contribution in [-0.4, -0.2) is 33.9 Å². The number of nitrogens with one attached hydrogen (secondary N) is 1. The summed E-state index contributed by atoms with van der Waals surface area (Å²) in [5.41, 5.74) is 4.74. The van der Waals surface area contributed by atoms with Crippen LogP contribution in [0.2, 0.25) is 0 Å². The molecular formula is C25H30N4OS. The number of hydrogen-bond acceptors (Lipinski definition) is 5. The zero-order valence-corrected chi connectivity index (χ0v) is 19.3. The molecule has 31 heavy (non-hydrogen) atoms. The van der Waals surface area contributed by atoms with Crippen LogP contribution in [0, 0.1) is 12.8 Å². The van der Waals surface area contributed by atoms with Gasteiger partial charge in [-0.05, 0) is 62.0 Å². The van der Waals surface area contributed by atoms with Crippen LogP contribution in [0.1, 0.15) is 49.4 Å². The highest BCUT2D eigenvalue weighted by Gasteiger charge is 2.25. The molecule has 3 heterocycles. The summed E-state index contributed by atoms with van der Waals surface area (Å²) >= 11 is 1.70. The summed E-state index contributed by atoms with van der Waals surface area (Å²) < 4.78 is 0. The van der Waals surface area contributed by atoms with Crippen molar-refractivity contribution in [3.05, 3.63) is 64.8 Å². The fraction of sp³-hybridized carbons (Fsp3) is 0.400. The number of carbonyl (C=O) groups excluding carboxylic acids is 1. The molecular weight excluding hydrogens is 404 g/mol. The van der Waals surface area contributed by atoms with Crippen LogP contribution >= 0.6 is 11.3 Å². The summed E-state index contributed by atoms with van der Waals surface area (Å²) in [7, 11) is 0. The van der Waals surface area contributed by atoms with Crippen molar-refractivity contribution in [2.75, 3.05) is 18.4 Å². The summed E-state index contributed by atoms with van der Waals surface area (Å²) in [4.78, 5) is 24.1. The number of aromatic nitrogens is 2. The van der Waals surface area contributed by atoms with Gasteiger partial charge in [0.15, 0.2) is 0 Å². The lowest BCUT2D eigenvalue weighted by Crippen LogP contribution is -2.37. The second-order valence-electron chi connectivity index (χ2n) is 8.68. The van der Waals surface area contributed by atoms with Gasteiger partial charge in [0, 0.05) is 29.6 Å². The summed E-state index contributed by atoms with van der Waals surface area (Å²) in [5.74, 6) is 1.31. The Labute approximate surface area is 188 Å². The van der Waals surface area contributed by atoms with Crippen molar-refractivity contribution in [2.45, 2.75) is 46.1 Å². The van der Waals surface area contributed by atoms with E-state index in [4.69, 9.17) is 4.98 Å². The zero-order chi connectivity index (χ0) is 21.8. The lowest BCUT2D eigenvalue weighted by molar-refractivity contribution is -0.121. The topological polar surface area (TPSA) is 58.1 Å². The Bertz CT molecular complexity index is 1020. The zero-order valence-electron chi connectivity index (χ0n) is 18.5. The molecule has 1 aliphatic heterocycles. The summed E-state index contributed by atoms with van der Waals surface area (Å²) in [5, 5.41) is 6.20. The maximum absolute atomic E-state index is 12.6. The molecule has 1 aromatic carbocycles. The van der Waals surface area contributed by atoms with E-state index < -0.39 is 0 Å². The van der Waals surface area contributed by atoms with Crippen LogP contribution in [0.4, 0.5) is 5.82 Å². The average molecular weight is 435 g/mol. The number of aryl methyl sites for hydroxylation is 1. The number of amides is 1. The highest BCUT2D eigenvalue weighted by atomic mass is 32.1. The lowest BCUT2D eigenvalue weighted by Gasteiger charge is -2.30. The molecule has 4 rings (SSSR count). The SMILES string of the molecule is Cc1ccnc(NC(=O)C2CCN(Cc3csc(-c4ccc(C(C)C)cc4)n3)CC2)c1. The minimum atomic E-state index is 0.0454. The number of thiazole rings is 1. The van der Waals surface area contributed by atoms with Crippen molar-refractivity contribution < 1.29 is 4.79 Å². The first-order chi connectivity index (χ1) is 15.0. The van der Waals surface area contributed by atoms with Crippen molar-refractivity contribution in [3.63, 3.8) is 0 Å². The molecule has 1 amide bonds. The van der Waals surface area contributed by atoms with Gasteiger partial charge in [-0.25, -0.2) is 9.97 Å². The Hall–Kier alpha value is -2.57. The van der Waals surface area contributed by atoms with Gasteiger partial charge in [-0.15, -0.1) is 11.3 Å². The van der Waals surface area contributed by atoms with Crippen LogP contribution < -0.4 is 5.32 Å². The standard InChI is InChI=1S/C25H30N4OS/c1-17(2)19-4-6-21(7-5-19)25-27-22(16-31-25)15-29-12-9-20(10-13-29)24(30)28-23-14-18(3)8-11-26-23/h4-8,11,14,16-17,20H,9-10,12-13,15H2,1-3H3,(H,26,28,30). The van der Waals surface area contributed by atoms with Gasteiger partial charge in [-0.2, -0.15) is 0 Å². The number of rotatable bonds is 6. The van der Waals surface area contributed by atoms with Crippen LogP contribution in [0.15, 0.2) is 48.0 Å². The number of benzene rings is 1. The van der Waals surface area contributed by atoms with E-state index in [1.54, 1.807) is 17.5 Å². The van der Waals surface area contributed by atoms with E-state index in [1.807, 2.05) is 19.1 Å². The van der Waals surface area contributed by atoms with Gasteiger partial charge < -0.3 is 5.32 Å². The predicted molar refractivity (Wildman–Crippen MR) is 127 cm³/mol. The number of pyridine rings is 1. The van der Waals surface area contributed by atoms with Crippen molar-refractivity contribution in [3.8, 4) is 10.6 Å². The van der Waals surface area contributed by atoms with Crippen LogP contribution in [0.5, 0.6) is 0 Å². The van der Waals surface area contributed by atoms with E-state index in [1.165, 1.54) is 11.1 Å². The molecule has 1 N–H and O–H groups in total. The third-order valence-corrected chi connectivity index (χ3v) is 6.83. The number of anilines is 1. The molecule has 162 valence electrons. The Kier molecular flexibility index (Phi) is 6.78. The Morgan fingerprint density at radius 3 is 2.61 bits per heavy atom. The number of hydrogen-bond donors (Lipinski definition) is 1. The van der Waals surface area contributed by atoms with E-state index in [0.29, 0.717) is 11.7 Å². The van der Waals surface area contributed by atoms with Gasteiger partial charge in [-0.1, -0.05) is 38.1 Å². The Morgan fingerprint density at radius 1 is 1.19 bits per heavy atom. The predicted octanol–water partition coefficient (Wildman–Crippen LogP) is 5.49. The first-order valence-electron chi connectivity index (χ1n) is 11.0.